The smallest absolute Gasteiger partial charge is 0.352 e. The van der Waals surface area contributed by atoms with Crippen LogP contribution in [0, 0.1) is 0 Å². The molecule has 2 aliphatic rings. The molecule has 3 rings (SSSR count). The molecule has 0 saturated carbocycles. The fraction of sp³-hybridized carbons (Fsp3) is 0.500. The van der Waals surface area contributed by atoms with E-state index in [4.69, 9.17) is 8.97 Å². The monoisotopic (exact) mass is 496 g/mol. The van der Waals surface area contributed by atoms with Crippen molar-refractivity contribution >= 4 is 63.2 Å². The van der Waals surface area contributed by atoms with Crippen LogP contribution in [-0.4, -0.2) is 85.9 Å². The summed E-state index contributed by atoms with van der Waals surface area (Å²) in [6, 6.07) is -0.767. The predicted octanol–water partition coefficient (Wildman–Crippen LogP) is -0.349. The van der Waals surface area contributed by atoms with Crippen LogP contribution in [0.1, 0.15) is 5.89 Å². The largest absolute Gasteiger partial charge is 0.477 e. The second kappa shape index (κ2) is 9.17. The number of hydrogen-bond acceptors (Lipinski definition) is 11. The second-order valence-corrected chi connectivity index (χ2v) is 10.5. The van der Waals surface area contributed by atoms with Crippen LogP contribution in [0.4, 0.5) is 0 Å². The number of nitrogens with one attached hydrogen (secondary N) is 1. The quantitative estimate of drug-likeness (QED) is 0.229. The highest BCUT2D eigenvalue weighted by Crippen LogP contribution is 2.41. The Balaban J connectivity index is 1.69. The van der Waals surface area contributed by atoms with Crippen LogP contribution in [0.2, 0.25) is 0 Å². The van der Waals surface area contributed by atoms with Gasteiger partial charge >= 0.3 is 5.97 Å². The van der Waals surface area contributed by atoms with Gasteiger partial charge in [-0.2, -0.15) is 20.2 Å². The van der Waals surface area contributed by atoms with Crippen molar-refractivity contribution in [3.05, 3.63) is 17.2 Å². The van der Waals surface area contributed by atoms with Gasteiger partial charge in [0.15, 0.2) is 5.75 Å². The van der Waals surface area contributed by atoms with E-state index in [1.165, 1.54) is 23.5 Å². The van der Waals surface area contributed by atoms with Crippen LogP contribution in [-0.2, 0) is 30.3 Å². The molecule has 3 heterocycles. The van der Waals surface area contributed by atoms with Crippen LogP contribution in [0.25, 0.3) is 0 Å². The van der Waals surface area contributed by atoms with E-state index in [2.05, 4.69) is 15.5 Å². The molecule has 0 spiro atoms. The molecule has 16 heteroatoms. The highest BCUT2D eigenvalue weighted by atomic mass is 32.2. The summed E-state index contributed by atoms with van der Waals surface area (Å²) in [5, 5.41) is 18.9. The molecule has 1 fully saturated rings. The number of fused-ring (bicyclic) bond motifs is 1. The highest BCUT2D eigenvalue weighted by Gasteiger charge is 2.54. The van der Waals surface area contributed by atoms with E-state index in [-0.39, 0.29) is 34.2 Å². The summed E-state index contributed by atoms with van der Waals surface area (Å²) in [5.41, 5.74) is 0.301. The molecule has 1 aromatic heterocycles. The Morgan fingerprint density at radius 1 is 1.40 bits per heavy atom. The molecule has 0 aliphatic carbocycles. The zero-order valence-electron chi connectivity index (χ0n) is 15.3. The van der Waals surface area contributed by atoms with Crippen LogP contribution < -0.4 is 5.32 Å². The Kier molecular flexibility index (Phi) is 7.01. The number of thioether (sulfide) groups is 3. The zero-order valence-corrected chi connectivity index (χ0v) is 18.6. The van der Waals surface area contributed by atoms with Gasteiger partial charge in [-0.15, -0.1) is 22.0 Å². The van der Waals surface area contributed by atoms with Crippen LogP contribution in [0.15, 0.2) is 20.9 Å². The molecule has 1 aromatic rings. The molecular formula is C14H16N4O8S4. The van der Waals surface area contributed by atoms with E-state index in [1.807, 2.05) is 0 Å². The van der Waals surface area contributed by atoms with Crippen molar-refractivity contribution in [1.29, 1.82) is 0 Å². The molecule has 0 bridgehead atoms. The lowest BCUT2D eigenvalue weighted by Gasteiger charge is -2.49. The van der Waals surface area contributed by atoms with Gasteiger partial charge in [0.2, 0.25) is 11.8 Å². The van der Waals surface area contributed by atoms with E-state index in [0.717, 1.165) is 16.7 Å². The van der Waals surface area contributed by atoms with Gasteiger partial charge in [-0.05, 0) is 11.8 Å². The van der Waals surface area contributed by atoms with Crippen LogP contribution in [0.3, 0.4) is 0 Å². The average Bonchev–Trinajstić information content (AvgIpc) is 3.09. The molecule has 0 radical (unpaired) electrons. The molecule has 2 atom stereocenters. The Hall–Kier alpha value is -1.75. The third kappa shape index (κ3) is 5.11. The van der Waals surface area contributed by atoms with Gasteiger partial charge in [-0.1, -0.05) is 11.8 Å². The fourth-order valence-corrected chi connectivity index (χ4v) is 5.84. The predicted molar refractivity (Wildman–Crippen MR) is 108 cm³/mol. The first-order valence-electron chi connectivity index (χ1n) is 8.19. The lowest BCUT2D eigenvalue weighted by atomic mass is 10.0. The summed E-state index contributed by atoms with van der Waals surface area (Å²) in [4.78, 5) is 37.2. The van der Waals surface area contributed by atoms with E-state index >= 15 is 0 Å². The van der Waals surface area contributed by atoms with Crippen molar-refractivity contribution < 1.29 is 36.9 Å². The molecule has 164 valence electrons. The summed E-state index contributed by atoms with van der Waals surface area (Å²) in [6.45, 7) is 0. The highest BCUT2D eigenvalue weighted by molar-refractivity contribution is 8.01. The molecule has 3 N–H and O–H groups in total. The van der Waals surface area contributed by atoms with Gasteiger partial charge < -0.3 is 14.8 Å². The van der Waals surface area contributed by atoms with Crippen LogP contribution >= 0.6 is 35.3 Å². The van der Waals surface area contributed by atoms with E-state index in [9.17, 15) is 27.9 Å². The third-order valence-corrected chi connectivity index (χ3v) is 7.37. The molecular weight excluding hydrogens is 480 g/mol. The lowest BCUT2D eigenvalue weighted by Crippen LogP contribution is -2.70. The van der Waals surface area contributed by atoms with Gasteiger partial charge in [-0.3, -0.25) is 19.0 Å². The van der Waals surface area contributed by atoms with Crippen molar-refractivity contribution in [3.8, 4) is 0 Å². The number of carboxylic acids is 1. The number of hydrogen-bond donors (Lipinski definition) is 3. The van der Waals surface area contributed by atoms with Gasteiger partial charge in [0.25, 0.3) is 21.2 Å². The minimum absolute atomic E-state index is 0.00449. The first-order chi connectivity index (χ1) is 14.1. The SMILES string of the molecule is CSCC(=O)NC1C(=O)N2C(C(=O)O)=C(CSc3nnc(CS(=O)(=O)O)o3)CS[C@@H]12. The zero-order chi connectivity index (χ0) is 22.1. The van der Waals surface area contributed by atoms with Crippen molar-refractivity contribution in [1.82, 2.24) is 20.4 Å². The topological polar surface area (TPSA) is 180 Å². The summed E-state index contributed by atoms with van der Waals surface area (Å²) in [7, 11) is -4.32. The van der Waals surface area contributed by atoms with Crippen molar-refractivity contribution in [2.24, 2.45) is 0 Å². The van der Waals surface area contributed by atoms with Crippen molar-refractivity contribution in [2.75, 3.05) is 23.5 Å². The van der Waals surface area contributed by atoms with Gasteiger partial charge in [-0.25, -0.2) is 4.79 Å². The Labute approximate surface area is 183 Å². The normalized spacial score (nSPS) is 21.3. The number of nitrogens with zero attached hydrogens (tertiary/aromatic N) is 3. The summed E-state index contributed by atoms with van der Waals surface area (Å²) < 4.78 is 35.6. The number of rotatable bonds is 9. The molecule has 0 aromatic carbocycles. The Bertz CT molecular complexity index is 1010. The molecule has 2 amide bonds. The molecule has 2 aliphatic heterocycles. The number of carboxylic acid groups (broad SMARTS) is 1. The van der Waals surface area contributed by atoms with Gasteiger partial charge in [0.1, 0.15) is 17.1 Å². The minimum Gasteiger partial charge on any atom is -0.477 e. The number of β-lactam (4-membered cyclic amide) rings is 1. The summed E-state index contributed by atoms with van der Waals surface area (Å²) >= 11 is 3.63. The molecule has 1 unspecified atom stereocenters. The van der Waals surface area contributed by atoms with E-state index in [0.29, 0.717) is 11.3 Å². The minimum atomic E-state index is -4.32. The van der Waals surface area contributed by atoms with Gasteiger partial charge in [0, 0.05) is 11.5 Å². The average molecular weight is 497 g/mol. The first-order valence-corrected chi connectivity index (χ1v) is 13.2. The third-order valence-electron chi connectivity index (χ3n) is 3.97. The first kappa shape index (κ1) is 22.9. The van der Waals surface area contributed by atoms with E-state index < -0.39 is 39.2 Å². The lowest BCUT2D eigenvalue weighted by molar-refractivity contribution is -0.150. The Morgan fingerprint density at radius 2 is 2.13 bits per heavy atom. The maximum atomic E-state index is 12.5. The maximum Gasteiger partial charge on any atom is 0.352 e. The second-order valence-electron chi connectivity index (χ2n) is 6.12. The fourth-order valence-electron chi connectivity index (χ4n) is 2.80. The summed E-state index contributed by atoms with van der Waals surface area (Å²) in [5.74, 6) is -2.55. The number of aliphatic carboxylic acids is 1. The van der Waals surface area contributed by atoms with Gasteiger partial charge in [0.05, 0.1) is 5.75 Å². The molecule has 1 saturated heterocycles. The number of carbonyl (C=O) groups excluding carboxylic acids is 2. The van der Waals surface area contributed by atoms with Crippen LogP contribution in [0.5, 0.6) is 0 Å². The summed E-state index contributed by atoms with van der Waals surface area (Å²) in [6.07, 6.45) is 1.76. The Morgan fingerprint density at radius 3 is 2.77 bits per heavy atom. The molecule has 30 heavy (non-hydrogen) atoms. The number of amides is 2. The molecule has 12 nitrogen and oxygen atoms in total. The number of carbonyl (C=O) groups is 3. The van der Waals surface area contributed by atoms with E-state index in [1.54, 1.807) is 6.26 Å². The maximum absolute atomic E-state index is 12.5. The number of aromatic nitrogens is 2. The van der Waals surface area contributed by atoms with Crippen molar-refractivity contribution in [2.45, 2.75) is 22.4 Å². The standard InChI is InChI=1S/C14H16N4O8S4/c1-27-4-7(19)15-9-11(20)18-10(13(21)22)6(2-28-12(9)18)3-29-14-17-16-8(26-14)5-30(23,24)25/h9,12H,2-5H2,1H3,(H,15,19)(H,21,22)(H,23,24,25)/t9?,12-/m0/s1. The van der Waals surface area contributed by atoms with Crippen molar-refractivity contribution in [3.63, 3.8) is 0 Å².